The van der Waals surface area contributed by atoms with Crippen molar-refractivity contribution in [1.82, 2.24) is 14.9 Å². The lowest BCUT2D eigenvalue weighted by Gasteiger charge is -2.23. The Kier molecular flexibility index (Phi) is 3.77. The molecule has 1 aromatic rings. The van der Waals surface area contributed by atoms with E-state index in [1.54, 1.807) is 12.5 Å². The Labute approximate surface area is 122 Å². The molecular weight excluding hydrogens is 270 g/mol. The first-order valence-electron chi connectivity index (χ1n) is 7.31. The minimum Gasteiger partial charge on any atom is -0.481 e. The molecule has 2 aliphatic rings. The molecule has 0 aliphatic heterocycles. The van der Waals surface area contributed by atoms with Gasteiger partial charge < -0.3 is 15.0 Å². The Morgan fingerprint density at radius 2 is 2.05 bits per heavy atom. The molecule has 2 aliphatic carbocycles. The number of rotatable bonds is 6. The Balaban J connectivity index is 1.51. The number of aryl methyl sites for hydroxylation is 1. The van der Waals surface area contributed by atoms with E-state index in [1.165, 1.54) is 0 Å². The van der Waals surface area contributed by atoms with E-state index in [-0.39, 0.29) is 17.7 Å². The number of allylic oxidation sites excluding steroid dienone is 2. The number of aliphatic carboxylic acids is 1. The number of carbonyl (C=O) groups excluding carboxylic acids is 1. The highest BCUT2D eigenvalue weighted by Gasteiger charge is 2.51. The quantitative estimate of drug-likeness (QED) is 0.602. The van der Waals surface area contributed by atoms with Crippen LogP contribution in [0.5, 0.6) is 0 Å². The van der Waals surface area contributed by atoms with Crippen molar-refractivity contribution in [2.75, 3.05) is 6.54 Å². The van der Waals surface area contributed by atoms with E-state index in [4.69, 9.17) is 0 Å². The Morgan fingerprint density at radius 3 is 2.71 bits per heavy atom. The van der Waals surface area contributed by atoms with E-state index < -0.39 is 17.8 Å². The molecule has 2 N–H and O–H groups in total. The van der Waals surface area contributed by atoms with Gasteiger partial charge in [-0.05, 0) is 24.7 Å². The third kappa shape index (κ3) is 2.70. The summed E-state index contributed by atoms with van der Waals surface area (Å²) in [5.74, 6) is -1.84. The first kappa shape index (κ1) is 13.9. The van der Waals surface area contributed by atoms with Crippen LogP contribution in [0.1, 0.15) is 12.8 Å². The molecule has 0 spiro atoms. The van der Waals surface area contributed by atoms with Gasteiger partial charge in [0.1, 0.15) is 0 Å². The molecule has 1 heterocycles. The van der Waals surface area contributed by atoms with Crippen molar-refractivity contribution < 1.29 is 14.7 Å². The summed E-state index contributed by atoms with van der Waals surface area (Å²) in [5, 5.41) is 12.2. The molecule has 1 amide bonds. The third-order valence-electron chi connectivity index (χ3n) is 4.50. The number of amides is 1. The lowest BCUT2D eigenvalue weighted by molar-refractivity contribution is -0.147. The second kappa shape index (κ2) is 5.71. The number of fused-ring (bicyclic) bond motifs is 2. The molecule has 6 heteroatoms. The highest BCUT2D eigenvalue weighted by Crippen LogP contribution is 2.48. The zero-order valence-electron chi connectivity index (χ0n) is 11.7. The average Bonchev–Trinajstić information content (AvgIpc) is 3.18. The summed E-state index contributed by atoms with van der Waals surface area (Å²) in [6.07, 6.45) is 10.9. The van der Waals surface area contributed by atoms with Crippen LogP contribution in [0.25, 0.3) is 0 Å². The molecule has 0 aromatic carbocycles. The van der Waals surface area contributed by atoms with Crippen LogP contribution in [0.4, 0.5) is 0 Å². The van der Waals surface area contributed by atoms with Crippen molar-refractivity contribution >= 4 is 11.9 Å². The molecule has 1 fully saturated rings. The molecule has 112 valence electrons. The van der Waals surface area contributed by atoms with Gasteiger partial charge in [-0.2, -0.15) is 0 Å². The van der Waals surface area contributed by atoms with Gasteiger partial charge in [-0.1, -0.05) is 12.2 Å². The third-order valence-corrected chi connectivity index (χ3v) is 4.50. The van der Waals surface area contributed by atoms with Gasteiger partial charge in [0.05, 0.1) is 18.2 Å². The van der Waals surface area contributed by atoms with E-state index in [1.807, 2.05) is 22.9 Å². The fraction of sp³-hybridized carbons (Fsp3) is 0.533. The second-order valence-corrected chi connectivity index (χ2v) is 5.78. The fourth-order valence-corrected chi connectivity index (χ4v) is 3.53. The predicted molar refractivity (Wildman–Crippen MR) is 75.2 cm³/mol. The number of nitrogens with one attached hydrogen (secondary N) is 1. The zero-order chi connectivity index (χ0) is 14.8. The number of aromatic nitrogens is 2. The smallest absolute Gasteiger partial charge is 0.307 e. The van der Waals surface area contributed by atoms with Crippen LogP contribution in [-0.4, -0.2) is 33.1 Å². The Morgan fingerprint density at radius 1 is 1.29 bits per heavy atom. The van der Waals surface area contributed by atoms with Gasteiger partial charge in [0.15, 0.2) is 0 Å². The molecule has 1 aromatic heterocycles. The zero-order valence-corrected chi connectivity index (χ0v) is 11.7. The van der Waals surface area contributed by atoms with Crippen molar-refractivity contribution in [3.8, 4) is 0 Å². The lowest BCUT2D eigenvalue weighted by atomic mass is 9.82. The van der Waals surface area contributed by atoms with Crippen LogP contribution < -0.4 is 5.32 Å². The standard InChI is InChI=1S/C15H19N3O3/c19-14(17-4-1-6-18-7-5-16-9-18)12-10-2-3-11(8-10)13(12)15(20)21/h2-3,5,7,9-13H,1,4,6,8H2,(H,17,19)(H,20,21)/t10-,11-,12-,13-/m0/s1. The molecule has 0 saturated heterocycles. The van der Waals surface area contributed by atoms with E-state index in [0.29, 0.717) is 6.54 Å². The van der Waals surface area contributed by atoms with Gasteiger partial charge in [-0.15, -0.1) is 0 Å². The van der Waals surface area contributed by atoms with Gasteiger partial charge in [0.2, 0.25) is 5.91 Å². The first-order chi connectivity index (χ1) is 10.2. The summed E-state index contributed by atoms with van der Waals surface area (Å²) in [4.78, 5) is 27.6. The molecule has 4 atom stereocenters. The maximum Gasteiger partial charge on any atom is 0.307 e. The monoisotopic (exact) mass is 289 g/mol. The van der Waals surface area contributed by atoms with Gasteiger partial charge in [-0.25, -0.2) is 4.98 Å². The average molecular weight is 289 g/mol. The number of hydrogen-bond acceptors (Lipinski definition) is 3. The number of carboxylic acid groups (broad SMARTS) is 1. The molecular formula is C15H19N3O3. The van der Waals surface area contributed by atoms with Crippen LogP contribution in [0.3, 0.4) is 0 Å². The summed E-state index contributed by atoms with van der Waals surface area (Å²) in [6.45, 7) is 1.35. The van der Waals surface area contributed by atoms with Crippen molar-refractivity contribution in [2.24, 2.45) is 23.7 Å². The first-order valence-corrected chi connectivity index (χ1v) is 7.31. The van der Waals surface area contributed by atoms with Crippen molar-refractivity contribution in [3.63, 3.8) is 0 Å². The van der Waals surface area contributed by atoms with Gasteiger partial charge in [0, 0.05) is 25.5 Å². The number of imidazole rings is 1. The van der Waals surface area contributed by atoms with Crippen molar-refractivity contribution in [1.29, 1.82) is 0 Å². The summed E-state index contributed by atoms with van der Waals surface area (Å²) in [6, 6.07) is 0. The highest BCUT2D eigenvalue weighted by atomic mass is 16.4. The van der Waals surface area contributed by atoms with Crippen molar-refractivity contribution in [2.45, 2.75) is 19.4 Å². The SMILES string of the molecule is O=C(O)[C@@H]1[C@@H](C(=O)NCCCn2ccnc2)[C@H]2C=C[C@H]1C2. The van der Waals surface area contributed by atoms with E-state index in [2.05, 4.69) is 10.3 Å². The minimum absolute atomic E-state index is 0.0224. The topological polar surface area (TPSA) is 84.2 Å². The maximum atomic E-state index is 12.3. The molecule has 6 nitrogen and oxygen atoms in total. The summed E-state index contributed by atoms with van der Waals surface area (Å²) in [5.41, 5.74) is 0. The Bertz CT molecular complexity index is 553. The molecule has 0 radical (unpaired) electrons. The molecule has 0 unspecified atom stereocenters. The van der Waals surface area contributed by atoms with Gasteiger partial charge in [-0.3, -0.25) is 9.59 Å². The lowest BCUT2D eigenvalue weighted by Crippen LogP contribution is -2.40. The van der Waals surface area contributed by atoms with Gasteiger partial charge >= 0.3 is 5.97 Å². The van der Waals surface area contributed by atoms with Crippen LogP contribution >= 0.6 is 0 Å². The molecule has 3 rings (SSSR count). The number of carbonyl (C=O) groups is 2. The summed E-state index contributed by atoms with van der Waals surface area (Å²) in [7, 11) is 0. The largest absolute Gasteiger partial charge is 0.481 e. The second-order valence-electron chi connectivity index (χ2n) is 5.78. The maximum absolute atomic E-state index is 12.3. The van der Waals surface area contributed by atoms with E-state index >= 15 is 0 Å². The van der Waals surface area contributed by atoms with E-state index in [9.17, 15) is 14.7 Å². The van der Waals surface area contributed by atoms with Crippen LogP contribution in [-0.2, 0) is 16.1 Å². The minimum atomic E-state index is -0.856. The number of carboxylic acids is 1. The molecule has 2 bridgehead atoms. The fourth-order valence-electron chi connectivity index (χ4n) is 3.53. The van der Waals surface area contributed by atoms with Crippen LogP contribution in [0.15, 0.2) is 30.9 Å². The van der Waals surface area contributed by atoms with Crippen LogP contribution in [0.2, 0.25) is 0 Å². The normalized spacial score (nSPS) is 29.7. The Hall–Kier alpha value is -2.11. The summed E-state index contributed by atoms with van der Waals surface area (Å²) >= 11 is 0. The molecule has 21 heavy (non-hydrogen) atoms. The van der Waals surface area contributed by atoms with Crippen molar-refractivity contribution in [3.05, 3.63) is 30.9 Å². The van der Waals surface area contributed by atoms with Gasteiger partial charge in [0.25, 0.3) is 0 Å². The number of hydrogen-bond donors (Lipinski definition) is 2. The summed E-state index contributed by atoms with van der Waals surface area (Å²) < 4.78 is 1.95. The highest BCUT2D eigenvalue weighted by molar-refractivity contribution is 5.86. The molecule has 1 saturated carbocycles. The van der Waals surface area contributed by atoms with Crippen LogP contribution in [0, 0.1) is 23.7 Å². The number of nitrogens with zero attached hydrogens (tertiary/aromatic N) is 2. The van der Waals surface area contributed by atoms with E-state index in [0.717, 1.165) is 19.4 Å². The predicted octanol–water partition coefficient (Wildman–Crippen LogP) is 0.912.